The van der Waals surface area contributed by atoms with Gasteiger partial charge >= 0.3 is 12.0 Å². The molecule has 19 heavy (non-hydrogen) atoms. The van der Waals surface area contributed by atoms with E-state index in [0.717, 1.165) is 5.01 Å². The summed E-state index contributed by atoms with van der Waals surface area (Å²) in [4.78, 5) is 29.1. The van der Waals surface area contributed by atoms with Crippen molar-refractivity contribution in [1.29, 1.82) is 0 Å². The third-order valence-electron chi connectivity index (χ3n) is 2.60. The van der Waals surface area contributed by atoms with E-state index in [-0.39, 0.29) is 11.9 Å². The summed E-state index contributed by atoms with van der Waals surface area (Å²) in [7, 11) is 2.97. The first-order valence-electron chi connectivity index (χ1n) is 5.93. The number of nitrogens with one attached hydrogen (secondary N) is 1. The molecule has 0 unspecified atom stereocenters. The number of urea groups is 1. The van der Waals surface area contributed by atoms with Gasteiger partial charge in [0, 0.05) is 18.6 Å². The van der Waals surface area contributed by atoms with Crippen molar-refractivity contribution in [2.45, 2.75) is 26.4 Å². The third-order valence-corrected chi connectivity index (χ3v) is 3.37. The Balaban J connectivity index is 2.58. The lowest BCUT2D eigenvalue weighted by atomic mass is 10.1. The molecule has 106 valence electrons. The minimum absolute atomic E-state index is 0.0373. The van der Waals surface area contributed by atoms with Crippen LogP contribution in [-0.4, -0.2) is 42.1 Å². The van der Waals surface area contributed by atoms with Gasteiger partial charge in [-0.15, -0.1) is 11.3 Å². The second kappa shape index (κ2) is 7.08. The molecule has 1 heterocycles. The Morgan fingerprint density at radius 1 is 1.53 bits per heavy atom. The molecule has 0 saturated heterocycles. The number of amides is 2. The summed E-state index contributed by atoms with van der Waals surface area (Å²) in [5.74, 6) is -0.476. The monoisotopic (exact) mass is 285 g/mol. The highest BCUT2D eigenvalue weighted by atomic mass is 32.1. The number of hydrogen-bond acceptors (Lipinski definition) is 5. The van der Waals surface area contributed by atoms with Crippen LogP contribution in [0.2, 0.25) is 0 Å². The number of methoxy groups -OCH3 is 1. The zero-order chi connectivity index (χ0) is 14.4. The number of carbonyl (C=O) groups is 2. The summed E-state index contributed by atoms with van der Waals surface area (Å²) in [6, 6.07) is -0.962. The molecule has 0 aromatic carbocycles. The van der Waals surface area contributed by atoms with E-state index in [0.29, 0.717) is 6.54 Å². The molecule has 0 bridgehead atoms. The van der Waals surface area contributed by atoms with E-state index in [1.807, 2.05) is 19.2 Å². The van der Waals surface area contributed by atoms with Gasteiger partial charge in [-0.1, -0.05) is 13.8 Å². The van der Waals surface area contributed by atoms with Crippen LogP contribution < -0.4 is 5.32 Å². The van der Waals surface area contributed by atoms with Crippen LogP contribution in [0.25, 0.3) is 0 Å². The molecule has 0 fully saturated rings. The number of aromatic nitrogens is 1. The third kappa shape index (κ3) is 4.51. The van der Waals surface area contributed by atoms with Crippen molar-refractivity contribution in [3.63, 3.8) is 0 Å². The maximum atomic E-state index is 12.0. The summed E-state index contributed by atoms with van der Waals surface area (Å²) in [5, 5.41) is 5.37. The fourth-order valence-corrected chi connectivity index (χ4v) is 2.14. The van der Waals surface area contributed by atoms with Crippen LogP contribution in [0, 0.1) is 5.92 Å². The smallest absolute Gasteiger partial charge is 0.328 e. The zero-order valence-corrected chi connectivity index (χ0v) is 12.4. The van der Waals surface area contributed by atoms with Gasteiger partial charge in [0.15, 0.2) is 0 Å². The molecular weight excluding hydrogens is 266 g/mol. The molecule has 1 aromatic rings. The SMILES string of the molecule is COC(=O)[C@@H](NC(=O)N(C)Cc1nccs1)C(C)C. The molecule has 7 heteroatoms. The Morgan fingerprint density at radius 2 is 2.21 bits per heavy atom. The maximum absolute atomic E-state index is 12.0. The van der Waals surface area contributed by atoms with E-state index in [1.54, 1.807) is 13.2 Å². The highest BCUT2D eigenvalue weighted by Gasteiger charge is 2.26. The summed E-state index contributed by atoms with van der Waals surface area (Å²) in [6.45, 7) is 4.11. The molecule has 6 nitrogen and oxygen atoms in total. The second-order valence-corrected chi connectivity index (χ2v) is 5.46. The second-order valence-electron chi connectivity index (χ2n) is 4.48. The fourth-order valence-electron chi connectivity index (χ4n) is 1.47. The first-order chi connectivity index (χ1) is 8.95. The Bertz CT molecular complexity index is 420. The molecule has 0 spiro atoms. The lowest BCUT2D eigenvalue weighted by Gasteiger charge is -2.23. The summed E-state index contributed by atoms with van der Waals surface area (Å²) < 4.78 is 4.68. The quantitative estimate of drug-likeness (QED) is 0.832. The predicted molar refractivity (Wildman–Crippen MR) is 72.8 cm³/mol. The fraction of sp³-hybridized carbons (Fsp3) is 0.583. The first kappa shape index (κ1) is 15.4. The molecule has 1 atom stereocenters. The van der Waals surface area contributed by atoms with Crippen molar-refractivity contribution in [2.24, 2.45) is 5.92 Å². The van der Waals surface area contributed by atoms with Gasteiger partial charge in [0.2, 0.25) is 0 Å². The van der Waals surface area contributed by atoms with E-state index in [4.69, 9.17) is 0 Å². The largest absolute Gasteiger partial charge is 0.467 e. The molecule has 0 radical (unpaired) electrons. The number of nitrogens with zero attached hydrogens (tertiary/aromatic N) is 2. The van der Waals surface area contributed by atoms with Gasteiger partial charge < -0.3 is 15.0 Å². The van der Waals surface area contributed by atoms with Gasteiger partial charge in [-0.25, -0.2) is 14.6 Å². The molecular formula is C12H19N3O3S. The van der Waals surface area contributed by atoms with Crippen molar-refractivity contribution in [3.05, 3.63) is 16.6 Å². The molecule has 0 saturated carbocycles. The minimum Gasteiger partial charge on any atom is -0.467 e. The molecule has 1 N–H and O–H groups in total. The van der Waals surface area contributed by atoms with Crippen molar-refractivity contribution >= 4 is 23.3 Å². The van der Waals surface area contributed by atoms with Crippen LogP contribution in [0.15, 0.2) is 11.6 Å². The molecule has 2 amide bonds. The number of thiazole rings is 1. The standard InChI is InChI=1S/C12H19N3O3S/c1-8(2)10(11(16)18-4)14-12(17)15(3)7-9-13-5-6-19-9/h5-6,8,10H,7H2,1-4H3,(H,14,17)/t10-/m0/s1. The van der Waals surface area contributed by atoms with Gasteiger partial charge in [0.25, 0.3) is 0 Å². The van der Waals surface area contributed by atoms with Gasteiger partial charge in [-0.05, 0) is 5.92 Å². The molecule has 0 aliphatic heterocycles. The van der Waals surface area contributed by atoms with Crippen LogP contribution in [0.4, 0.5) is 4.79 Å². The van der Waals surface area contributed by atoms with Crippen LogP contribution >= 0.6 is 11.3 Å². The highest BCUT2D eigenvalue weighted by molar-refractivity contribution is 7.09. The molecule has 1 aromatic heterocycles. The van der Waals surface area contributed by atoms with E-state index < -0.39 is 12.0 Å². The Hall–Kier alpha value is -1.63. The average Bonchev–Trinajstić information content (AvgIpc) is 2.86. The minimum atomic E-state index is -0.642. The van der Waals surface area contributed by atoms with E-state index in [9.17, 15) is 9.59 Å². The lowest BCUT2D eigenvalue weighted by Crippen LogP contribution is -2.49. The summed E-state index contributed by atoms with van der Waals surface area (Å²) >= 11 is 1.48. The first-order valence-corrected chi connectivity index (χ1v) is 6.81. The zero-order valence-electron chi connectivity index (χ0n) is 11.5. The number of carbonyl (C=O) groups excluding carboxylic acids is 2. The van der Waals surface area contributed by atoms with E-state index >= 15 is 0 Å². The van der Waals surface area contributed by atoms with Crippen LogP contribution in [0.3, 0.4) is 0 Å². The van der Waals surface area contributed by atoms with Gasteiger partial charge in [0.1, 0.15) is 11.0 Å². The van der Waals surface area contributed by atoms with Crippen molar-refractivity contribution in [2.75, 3.05) is 14.2 Å². The molecule has 0 aliphatic carbocycles. The topological polar surface area (TPSA) is 71.5 Å². The van der Waals surface area contributed by atoms with Crippen LogP contribution in [-0.2, 0) is 16.1 Å². The predicted octanol–water partition coefficient (Wildman–Crippen LogP) is 1.48. The van der Waals surface area contributed by atoms with E-state index in [2.05, 4.69) is 15.0 Å². The number of rotatable bonds is 5. The van der Waals surface area contributed by atoms with Crippen molar-refractivity contribution in [1.82, 2.24) is 15.2 Å². The normalized spacial score (nSPS) is 12.1. The van der Waals surface area contributed by atoms with Gasteiger partial charge in [-0.3, -0.25) is 0 Å². The number of hydrogen-bond donors (Lipinski definition) is 1. The maximum Gasteiger partial charge on any atom is 0.328 e. The number of esters is 1. The average molecular weight is 285 g/mol. The van der Waals surface area contributed by atoms with Gasteiger partial charge in [0.05, 0.1) is 13.7 Å². The molecule has 1 rings (SSSR count). The Labute approximate surface area is 116 Å². The van der Waals surface area contributed by atoms with Crippen molar-refractivity contribution < 1.29 is 14.3 Å². The van der Waals surface area contributed by atoms with Crippen molar-refractivity contribution in [3.8, 4) is 0 Å². The van der Waals surface area contributed by atoms with Crippen LogP contribution in [0.5, 0.6) is 0 Å². The van der Waals surface area contributed by atoms with Gasteiger partial charge in [-0.2, -0.15) is 0 Å². The Kier molecular flexibility index (Phi) is 5.75. The Morgan fingerprint density at radius 3 is 2.68 bits per heavy atom. The van der Waals surface area contributed by atoms with Crippen LogP contribution in [0.1, 0.15) is 18.9 Å². The highest BCUT2D eigenvalue weighted by Crippen LogP contribution is 2.08. The molecule has 0 aliphatic rings. The lowest BCUT2D eigenvalue weighted by molar-refractivity contribution is -0.144. The number of ether oxygens (including phenoxy) is 1. The summed E-state index contributed by atoms with van der Waals surface area (Å²) in [6.07, 6.45) is 1.69. The van der Waals surface area contributed by atoms with E-state index in [1.165, 1.54) is 23.3 Å². The summed E-state index contributed by atoms with van der Waals surface area (Å²) in [5.41, 5.74) is 0.